The maximum atomic E-state index is 6.07. The highest BCUT2D eigenvalue weighted by Gasteiger charge is 2.14. The highest BCUT2D eigenvalue weighted by Crippen LogP contribution is 2.32. The van der Waals surface area contributed by atoms with E-state index >= 15 is 0 Å². The van der Waals surface area contributed by atoms with Crippen LogP contribution in [0, 0.1) is 13.8 Å². The summed E-state index contributed by atoms with van der Waals surface area (Å²) < 4.78 is 6.88. The van der Waals surface area contributed by atoms with Crippen molar-refractivity contribution >= 4 is 28.0 Å². The minimum atomic E-state index is -0.0741. The van der Waals surface area contributed by atoms with E-state index in [9.17, 15) is 0 Å². The molecule has 128 valence electrons. The number of pyridine rings is 1. The summed E-state index contributed by atoms with van der Waals surface area (Å²) in [7, 11) is 1.99. The lowest BCUT2D eigenvalue weighted by Crippen LogP contribution is -2.14. The highest BCUT2D eigenvalue weighted by molar-refractivity contribution is 9.10. The Labute approximate surface area is 152 Å². The molecule has 0 N–H and O–H groups in total. The van der Waals surface area contributed by atoms with Gasteiger partial charge in [0.2, 0.25) is 5.88 Å². The predicted octanol–water partition coefficient (Wildman–Crippen LogP) is 5.21. The summed E-state index contributed by atoms with van der Waals surface area (Å²) in [5, 5.41) is 0. The molecule has 1 atom stereocenters. The Morgan fingerprint density at radius 2 is 2.04 bits per heavy atom. The summed E-state index contributed by atoms with van der Waals surface area (Å²) in [6, 6.07) is 10.2. The largest absolute Gasteiger partial charge is 0.469 e. The summed E-state index contributed by atoms with van der Waals surface area (Å²) in [6.45, 7) is 9.05. The van der Waals surface area contributed by atoms with E-state index in [1.807, 2.05) is 50.3 Å². The van der Waals surface area contributed by atoms with Crippen molar-refractivity contribution in [3.8, 4) is 5.88 Å². The topological polar surface area (TPSA) is 37.7 Å². The Morgan fingerprint density at radius 1 is 1.33 bits per heavy atom. The lowest BCUT2D eigenvalue weighted by atomic mass is 10.0. The van der Waals surface area contributed by atoms with Gasteiger partial charge in [0.05, 0.1) is 22.2 Å². The number of ether oxygens (including phenoxy) is 1. The van der Waals surface area contributed by atoms with Crippen molar-refractivity contribution in [2.75, 3.05) is 13.6 Å². The van der Waals surface area contributed by atoms with Crippen LogP contribution in [-0.2, 0) is 0 Å². The predicted molar refractivity (Wildman–Crippen MR) is 103 cm³/mol. The zero-order chi connectivity index (χ0) is 17.7. The molecular weight excluding hydrogens is 366 g/mol. The third-order valence-electron chi connectivity index (χ3n) is 3.92. The molecule has 5 heteroatoms. The molecule has 0 bridgehead atoms. The molecule has 4 nitrogen and oxygen atoms in total. The Balaban J connectivity index is 2.22. The van der Waals surface area contributed by atoms with Crippen LogP contribution in [0.25, 0.3) is 0 Å². The van der Waals surface area contributed by atoms with Gasteiger partial charge in [-0.2, -0.15) is 0 Å². The van der Waals surface area contributed by atoms with Gasteiger partial charge in [-0.1, -0.05) is 24.3 Å². The first kappa shape index (κ1) is 18.5. The van der Waals surface area contributed by atoms with Crippen LogP contribution in [0.15, 0.2) is 39.8 Å². The minimum Gasteiger partial charge on any atom is -0.469 e. The summed E-state index contributed by atoms with van der Waals surface area (Å²) in [5.74, 6) is 0.589. The second-order valence-corrected chi connectivity index (χ2v) is 6.67. The number of nitrogens with zero attached hydrogens (tertiary/aromatic N) is 3. The van der Waals surface area contributed by atoms with E-state index in [0.29, 0.717) is 5.88 Å². The third-order valence-corrected chi connectivity index (χ3v) is 4.48. The molecule has 0 amide bonds. The molecule has 0 unspecified atom stereocenters. The van der Waals surface area contributed by atoms with Crippen LogP contribution in [-0.4, -0.2) is 29.8 Å². The van der Waals surface area contributed by atoms with Gasteiger partial charge in [0.25, 0.3) is 0 Å². The molecule has 1 aromatic carbocycles. The summed E-state index contributed by atoms with van der Waals surface area (Å²) >= 11 is 3.55. The fourth-order valence-electron chi connectivity index (χ4n) is 2.28. The number of hydrogen-bond acceptors (Lipinski definition) is 3. The summed E-state index contributed by atoms with van der Waals surface area (Å²) in [5.41, 5.74) is 4.04. The maximum absolute atomic E-state index is 6.07. The van der Waals surface area contributed by atoms with Crippen LogP contribution in [0.3, 0.4) is 0 Å². The molecule has 0 spiro atoms. The first-order chi connectivity index (χ1) is 11.4. The van der Waals surface area contributed by atoms with Crippen LogP contribution >= 0.6 is 15.9 Å². The van der Waals surface area contributed by atoms with Crippen molar-refractivity contribution in [2.45, 2.75) is 33.8 Å². The SMILES string of the molecule is CCN(C)C=Nc1cc(Br)c(O[C@@H](C)c2ccccc2C)nc1C. The molecule has 0 saturated carbocycles. The van der Waals surface area contributed by atoms with Crippen molar-refractivity contribution in [2.24, 2.45) is 4.99 Å². The molecule has 1 aromatic heterocycles. The zero-order valence-corrected chi connectivity index (χ0v) is 16.5. The van der Waals surface area contributed by atoms with Crippen molar-refractivity contribution < 1.29 is 4.74 Å². The smallest absolute Gasteiger partial charge is 0.228 e. The van der Waals surface area contributed by atoms with Gasteiger partial charge in [0.15, 0.2) is 0 Å². The molecular formula is C19H24BrN3O. The van der Waals surface area contributed by atoms with Crippen LogP contribution < -0.4 is 4.74 Å². The third kappa shape index (κ3) is 4.57. The fraction of sp³-hybridized carbons (Fsp3) is 0.368. The van der Waals surface area contributed by atoms with Crippen molar-refractivity contribution in [3.63, 3.8) is 0 Å². The van der Waals surface area contributed by atoms with Gasteiger partial charge in [0, 0.05) is 13.6 Å². The Kier molecular flexibility index (Phi) is 6.37. The van der Waals surface area contributed by atoms with E-state index < -0.39 is 0 Å². The van der Waals surface area contributed by atoms with Gasteiger partial charge in [0.1, 0.15) is 6.10 Å². The maximum Gasteiger partial charge on any atom is 0.228 e. The lowest BCUT2D eigenvalue weighted by Gasteiger charge is -2.18. The quantitative estimate of drug-likeness (QED) is 0.502. The zero-order valence-electron chi connectivity index (χ0n) is 14.9. The van der Waals surface area contributed by atoms with Gasteiger partial charge < -0.3 is 9.64 Å². The van der Waals surface area contributed by atoms with E-state index in [-0.39, 0.29) is 6.10 Å². The number of halogens is 1. The highest BCUT2D eigenvalue weighted by atomic mass is 79.9. The fourth-order valence-corrected chi connectivity index (χ4v) is 2.68. The first-order valence-corrected chi connectivity index (χ1v) is 8.85. The van der Waals surface area contributed by atoms with Gasteiger partial charge in [-0.05, 0) is 60.8 Å². The Bertz CT molecular complexity index is 731. The number of rotatable bonds is 6. The van der Waals surface area contributed by atoms with Crippen molar-refractivity contribution in [1.82, 2.24) is 9.88 Å². The molecule has 24 heavy (non-hydrogen) atoms. The molecule has 2 rings (SSSR count). The van der Waals surface area contributed by atoms with E-state index in [4.69, 9.17) is 4.74 Å². The van der Waals surface area contributed by atoms with E-state index in [2.05, 4.69) is 51.9 Å². The monoisotopic (exact) mass is 389 g/mol. The normalized spacial score (nSPS) is 12.4. The standard InChI is InChI=1S/C19H24BrN3O/c1-6-23(5)12-21-18-11-17(20)19(22-14(18)3)24-15(4)16-10-8-7-9-13(16)2/h7-12,15H,6H2,1-5H3/t15-/m0/s1. The molecule has 0 aliphatic carbocycles. The van der Waals surface area contributed by atoms with Crippen molar-refractivity contribution in [1.29, 1.82) is 0 Å². The Hall–Kier alpha value is -1.88. The average molecular weight is 390 g/mol. The lowest BCUT2D eigenvalue weighted by molar-refractivity contribution is 0.215. The van der Waals surface area contributed by atoms with Crippen LogP contribution in [0.2, 0.25) is 0 Å². The molecule has 2 aromatic rings. The van der Waals surface area contributed by atoms with Crippen LogP contribution in [0.1, 0.15) is 36.8 Å². The molecule has 1 heterocycles. The Morgan fingerprint density at radius 3 is 2.71 bits per heavy atom. The second-order valence-electron chi connectivity index (χ2n) is 5.81. The second kappa shape index (κ2) is 8.29. The molecule has 0 radical (unpaired) electrons. The first-order valence-electron chi connectivity index (χ1n) is 8.06. The van der Waals surface area contributed by atoms with E-state index in [1.54, 1.807) is 0 Å². The summed E-state index contributed by atoms with van der Waals surface area (Å²) in [4.78, 5) is 11.1. The minimum absolute atomic E-state index is 0.0741. The van der Waals surface area contributed by atoms with E-state index in [1.165, 1.54) is 5.56 Å². The number of aryl methyl sites for hydroxylation is 2. The van der Waals surface area contributed by atoms with Gasteiger partial charge in [-0.3, -0.25) is 0 Å². The van der Waals surface area contributed by atoms with Gasteiger partial charge >= 0.3 is 0 Å². The number of hydrogen-bond donors (Lipinski definition) is 0. The van der Waals surface area contributed by atoms with E-state index in [0.717, 1.165) is 28.0 Å². The summed E-state index contributed by atoms with van der Waals surface area (Å²) in [6.07, 6.45) is 1.74. The number of benzene rings is 1. The number of aromatic nitrogens is 1. The molecule has 0 aliphatic heterocycles. The van der Waals surface area contributed by atoms with Crippen molar-refractivity contribution in [3.05, 3.63) is 51.6 Å². The average Bonchev–Trinajstić information content (AvgIpc) is 2.56. The molecule has 0 saturated heterocycles. The number of aliphatic imine (C=N–C) groups is 1. The molecule has 0 fully saturated rings. The van der Waals surface area contributed by atoms with Crippen LogP contribution in [0.4, 0.5) is 5.69 Å². The molecule has 0 aliphatic rings. The van der Waals surface area contributed by atoms with Gasteiger partial charge in [-0.15, -0.1) is 0 Å². The van der Waals surface area contributed by atoms with Crippen LogP contribution in [0.5, 0.6) is 5.88 Å². The van der Waals surface area contributed by atoms with Gasteiger partial charge in [-0.25, -0.2) is 9.98 Å².